The number of aromatic nitrogens is 4. The van der Waals surface area contributed by atoms with Crippen LogP contribution in [-0.4, -0.2) is 47.9 Å². The summed E-state index contributed by atoms with van der Waals surface area (Å²) in [6.07, 6.45) is 6.45. The summed E-state index contributed by atoms with van der Waals surface area (Å²) >= 11 is 6.22. The summed E-state index contributed by atoms with van der Waals surface area (Å²) in [6.45, 7) is 9.01. The number of halogens is 2. The molecule has 2 N–H and O–H groups in total. The van der Waals surface area contributed by atoms with Crippen LogP contribution in [0, 0.1) is 17.2 Å². The molecule has 1 amide bonds. The molecule has 5 rings (SSSR count). The van der Waals surface area contributed by atoms with Crippen molar-refractivity contribution in [2.75, 3.05) is 0 Å². The fourth-order valence-corrected chi connectivity index (χ4v) is 7.03. The molecule has 1 spiro atoms. The van der Waals surface area contributed by atoms with E-state index in [1.54, 1.807) is 6.07 Å². The minimum absolute atomic E-state index is 0.183. The summed E-state index contributed by atoms with van der Waals surface area (Å²) in [5.41, 5.74) is 1.99. The molecule has 0 saturated heterocycles. The molecule has 2 unspecified atom stereocenters. The number of benzene rings is 2. The number of hydrogen-bond donors (Lipinski definition) is 2. The molecular formula is C33H42ClFN6O2. The second-order valence-corrected chi connectivity index (χ2v) is 13.2. The van der Waals surface area contributed by atoms with Gasteiger partial charge in [-0.15, -0.1) is 10.2 Å². The van der Waals surface area contributed by atoms with Crippen molar-refractivity contribution in [2.45, 2.75) is 103 Å². The van der Waals surface area contributed by atoms with Crippen LogP contribution in [0.15, 0.2) is 47.5 Å². The standard InChI is InChI=1S/C33H42ClFN6O2/c1-5-7-27(21-8-10-22(11-9-21)28(42)12-13-29-37-39-40-38-29)41-31(43)30(23-18-25(34)20-26(35)19-23)36-33(41)16-14-24(15-17-33)32(3,4)6-2/h8-11,18-20,24,27-28,42H,5-7,12-17H2,1-4H3,(H,37,38,39,40). The van der Waals surface area contributed by atoms with Gasteiger partial charge in [0.1, 0.15) is 17.2 Å². The van der Waals surface area contributed by atoms with Gasteiger partial charge in [0, 0.05) is 17.0 Å². The van der Waals surface area contributed by atoms with Gasteiger partial charge in [0.15, 0.2) is 5.82 Å². The molecule has 1 aliphatic carbocycles. The highest BCUT2D eigenvalue weighted by atomic mass is 35.5. The van der Waals surface area contributed by atoms with Crippen molar-refractivity contribution < 1.29 is 14.3 Å². The number of hydrogen-bond acceptors (Lipinski definition) is 6. The van der Waals surface area contributed by atoms with Gasteiger partial charge in [0.05, 0.1) is 12.1 Å². The van der Waals surface area contributed by atoms with Crippen LogP contribution >= 0.6 is 11.6 Å². The zero-order valence-electron chi connectivity index (χ0n) is 25.5. The highest BCUT2D eigenvalue weighted by molar-refractivity contribution is 6.47. The number of aliphatic hydroxyl groups excluding tert-OH is 1. The van der Waals surface area contributed by atoms with Gasteiger partial charge < -0.3 is 10.0 Å². The zero-order valence-corrected chi connectivity index (χ0v) is 26.2. The lowest BCUT2D eigenvalue weighted by molar-refractivity contribution is -0.133. The van der Waals surface area contributed by atoms with Crippen LogP contribution < -0.4 is 0 Å². The Morgan fingerprint density at radius 2 is 1.81 bits per heavy atom. The molecule has 43 heavy (non-hydrogen) atoms. The first-order chi connectivity index (χ1) is 20.6. The molecule has 2 atom stereocenters. The topological polar surface area (TPSA) is 107 Å². The first-order valence-corrected chi connectivity index (χ1v) is 15.8. The number of H-pyrrole nitrogens is 1. The van der Waals surface area contributed by atoms with E-state index in [1.807, 2.05) is 29.2 Å². The maximum atomic E-state index is 14.4. The van der Waals surface area contributed by atoms with Gasteiger partial charge in [-0.1, -0.05) is 81.6 Å². The van der Waals surface area contributed by atoms with Gasteiger partial charge in [-0.3, -0.25) is 9.79 Å². The van der Waals surface area contributed by atoms with E-state index in [0.29, 0.717) is 30.1 Å². The Bertz CT molecular complexity index is 1410. The molecule has 3 aromatic rings. The minimum Gasteiger partial charge on any atom is -0.388 e. The molecule has 10 heteroatoms. The number of carbonyl (C=O) groups is 1. The van der Waals surface area contributed by atoms with E-state index in [-0.39, 0.29) is 28.1 Å². The van der Waals surface area contributed by atoms with Crippen molar-refractivity contribution in [2.24, 2.45) is 16.3 Å². The molecule has 2 aromatic carbocycles. The molecule has 1 aliphatic heterocycles. The van der Waals surface area contributed by atoms with E-state index >= 15 is 0 Å². The average molecular weight is 609 g/mol. The summed E-state index contributed by atoms with van der Waals surface area (Å²) in [5.74, 6) is 0.430. The number of carbonyl (C=O) groups excluding carboxylic acids is 1. The fourth-order valence-electron chi connectivity index (χ4n) is 6.81. The van der Waals surface area contributed by atoms with Crippen LogP contribution in [0.5, 0.6) is 0 Å². The van der Waals surface area contributed by atoms with Gasteiger partial charge >= 0.3 is 0 Å². The summed E-state index contributed by atoms with van der Waals surface area (Å²) < 4.78 is 14.4. The van der Waals surface area contributed by atoms with Crippen molar-refractivity contribution in [1.29, 1.82) is 0 Å². The van der Waals surface area contributed by atoms with Crippen molar-refractivity contribution in [3.63, 3.8) is 0 Å². The average Bonchev–Trinajstić information content (AvgIpc) is 3.61. The second kappa shape index (κ2) is 12.8. The van der Waals surface area contributed by atoms with E-state index in [1.165, 1.54) is 12.1 Å². The number of nitrogens with zero attached hydrogens (tertiary/aromatic N) is 5. The smallest absolute Gasteiger partial charge is 0.275 e. The molecule has 2 heterocycles. The van der Waals surface area contributed by atoms with Gasteiger partial charge in [-0.2, -0.15) is 5.21 Å². The molecule has 2 aliphatic rings. The molecule has 8 nitrogen and oxygen atoms in total. The van der Waals surface area contributed by atoms with E-state index in [9.17, 15) is 14.3 Å². The van der Waals surface area contributed by atoms with Crippen LogP contribution in [0.3, 0.4) is 0 Å². The molecule has 0 bridgehead atoms. The van der Waals surface area contributed by atoms with Gasteiger partial charge in [-0.05, 0) is 79.2 Å². The number of amides is 1. The number of aryl methyl sites for hydroxylation is 1. The lowest BCUT2D eigenvalue weighted by atomic mass is 9.67. The molecule has 1 saturated carbocycles. The number of aliphatic imine (C=N–C) groups is 1. The van der Waals surface area contributed by atoms with Crippen LogP contribution in [0.25, 0.3) is 0 Å². The Balaban J connectivity index is 1.46. The van der Waals surface area contributed by atoms with E-state index in [4.69, 9.17) is 16.6 Å². The first-order valence-electron chi connectivity index (χ1n) is 15.5. The largest absolute Gasteiger partial charge is 0.388 e. The molecular weight excluding hydrogens is 567 g/mol. The molecule has 1 aromatic heterocycles. The summed E-state index contributed by atoms with van der Waals surface area (Å²) in [4.78, 5) is 21.5. The molecule has 0 radical (unpaired) electrons. The number of nitrogens with one attached hydrogen (secondary N) is 1. The fraction of sp³-hybridized carbons (Fsp3) is 0.545. The summed E-state index contributed by atoms with van der Waals surface area (Å²) in [7, 11) is 0. The van der Waals surface area contributed by atoms with Gasteiger partial charge in [-0.25, -0.2) is 4.39 Å². The Labute approximate surface area is 258 Å². The second-order valence-electron chi connectivity index (χ2n) is 12.7. The first kappa shape index (κ1) is 31.3. The van der Waals surface area contributed by atoms with Gasteiger partial charge in [0.2, 0.25) is 0 Å². The molecule has 230 valence electrons. The normalized spacial score (nSPS) is 22.2. The van der Waals surface area contributed by atoms with E-state index in [0.717, 1.165) is 56.1 Å². The third-order valence-corrected chi connectivity index (χ3v) is 9.96. The van der Waals surface area contributed by atoms with Crippen molar-refractivity contribution in [3.8, 4) is 0 Å². The summed E-state index contributed by atoms with van der Waals surface area (Å²) in [5, 5.41) is 25.0. The van der Waals surface area contributed by atoms with E-state index in [2.05, 4.69) is 48.3 Å². The number of aromatic amines is 1. The molecule has 1 fully saturated rings. The van der Waals surface area contributed by atoms with Crippen molar-refractivity contribution >= 4 is 23.2 Å². The Hall–Kier alpha value is -3.17. The van der Waals surface area contributed by atoms with Crippen LogP contribution in [-0.2, 0) is 11.2 Å². The predicted molar refractivity (Wildman–Crippen MR) is 165 cm³/mol. The van der Waals surface area contributed by atoms with Gasteiger partial charge in [0.25, 0.3) is 5.91 Å². The highest BCUT2D eigenvalue weighted by Crippen LogP contribution is 2.50. The Morgan fingerprint density at radius 3 is 2.42 bits per heavy atom. The Morgan fingerprint density at radius 1 is 1.12 bits per heavy atom. The number of tetrazole rings is 1. The van der Waals surface area contributed by atoms with E-state index < -0.39 is 17.6 Å². The monoisotopic (exact) mass is 608 g/mol. The lowest BCUT2D eigenvalue weighted by Gasteiger charge is -2.48. The maximum Gasteiger partial charge on any atom is 0.275 e. The summed E-state index contributed by atoms with van der Waals surface area (Å²) in [6, 6.07) is 11.9. The third kappa shape index (κ3) is 6.53. The minimum atomic E-state index is -0.700. The maximum absolute atomic E-state index is 14.4. The number of rotatable bonds is 11. The third-order valence-electron chi connectivity index (χ3n) is 9.74. The van der Waals surface area contributed by atoms with Crippen LogP contribution in [0.4, 0.5) is 4.39 Å². The predicted octanol–water partition coefficient (Wildman–Crippen LogP) is 7.15. The zero-order chi connectivity index (χ0) is 30.8. The number of aliphatic hydroxyl groups is 1. The Kier molecular flexibility index (Phi) is 9.32. The quantitative estimate of drug-likeness (QED) is 0.240. The lowest BCUT2D eigenvalue weighted by Crippen LogP contribution is -2.51. The highest BCUT2D eigenvalue weighted by Gasteiger charge is 2.52. The van der Waals surface area contributed by atoms with Crippen molar-refractivity contribution in [1.82, 2.24) is 25.5 Å². The van der Waals surface area contributed by atoms with Crippen molar-refractivity contribution in [3.05, 3.63) is 75.8 Å². The van der Waals surface area contributed by atoms with Crippen LogP contribution in [0.1, 0.15) is 114 Å². The SMILES string of the molecule is CCCC(c1ccc(C(O)CCc2nn[nH]n2)cc1)N1C(=O)C(c2cc(F)cc(Cl)c2)=NC12CCC(C(C)(C)CC)CC2. The van der Waals surface area contributed by atoms with Crippen LogP contribution in [0.2, 0.25) is 5.02 Å².